The zero-order chi connectivity index (χ0) is 15.6. The Morgan fingerprint density at radius 3 is 2.86 bits per heavy atom. The van der Waals surface area contributed by atoms with Crippen LogP contribution in [-0.4, -0.2) is 58.9 Å². The lowest BCUT2D eigenvalue weighted by molar-refractivity contribution is -0.142. The topological polar surface area (TPSA) is 65.5 Å². The van der Waals surface area contributed by atoms with Gasteiger partial charge in [-0.1, -0.05) is 6.07 Å². The van der Waals surface area contributed by atoms with Crippen molar-refractivity contribution in [1.29, 1.82) is 0 Å². The largest absolute Gasteiger partial charge is 0.338 e. The SMILES string of the molecule is CN1C(=O)NCC12CN(C(=O)CCCCc1cccnc1)C2. The second-order valence-electron chi connectivity index (χ2n) is 6.26. The molecule has 0 saturated carbocycles. The molecule has 1 N–H and O–H groups in total. The average molecular weight is 302 g/mol. The fraction of sp³-hybridized carbons (Fsp3) is 0.562. The molecule has 22 heavy (non-hydrogen) atoms. The highest BCUT2D eigenvalue weighted by atomic mass is 16.2. The van der Waals surface area contributed by atoms with Crippen molar-refractivity contribution in [1.82, 2.24) is 20.1 Å². The van der Waals surface area contributed by atoms with E-state index in [9.17, 15) is 9.59 Å². The van der Waals surface area contributed by atoms with Gasteiger partial charge in [0, 0.05) is 45.5 Å². The first kappa shape index (κ1) is 14.8. The first-order chi connectivity index (χ1) is 10.6. The number of unbranched alkanes of at least 4 members (excludes halogenated alkanes) is 1. The highest BCUT2D eigenvalue weighted by Crippen LogP contribution is 2.30. The van der Waals surface area contributed by atoms with Crippen molar-refractivity contribution in [2.24, 2.45) is 0 Å². The molecule has 1 aromatic rings. The zero-order valence-corrected chi connectivity index (χ0v) is 12.9. The van der Waals surface area contributed by atoms with Crippen molar-refractivity contribution >= 4 is 11.9 Å². The number of nitrogens with zero attached hydrogens (tertiary/aromatic N) is 3. The Labute approximate surface area is 130 Å². The van der Waals surface area contributed by atoms with Crippen LogP contribution in [-0.2, 0) is 11.2 Å². The summed E-state index contributed by atoms with van der Waals surface area (Å²) in [5.74, 6) is 0.199. The quantitative estimate of drug-likeness (QED) is 0.826. The molecule has 0 atom stereocenters. The van der Waals surface area contributed by atoms with E-state index in [0.717, 1.165) is 19.3 Å². The molecule has 1 spiro atoms. The lowest BCUT2D eigenvalue weighted by Gasteiger charge is -2.50. The van der Waals surface area contributed by atoms with Gasteiger partial charge in [-0.05, 0) is 30.9 Å². The van der Waals surface area contributed by atoms with Crippen LogP contribution in [0.1, 0.15) is 24.8 Å². The molecule has 3 heterocycles. The van der Waals surface area contributed by atoms with Gasteiger partial charge in [0.15, 0.2) is 0 Å². The first-order valence-electron chi connectivity index (χ1n) is 7.79. The van der Waals surface area contributed by atoms with Crippen molar-refractivity contribution in [2.75, 3.05) is 26.7 Å². The van der Waals surface area contributed by atoms with Crippen LogP contribution < -0.4 is 5.32 Å². The number of likely N-dealkylation sites (tertiary alicyclic amines) is 1. The van der Waals surface area contributed by atoms with Crippen LogP contribution in [0.25, 0.3) is 0 Å². The third-order valence-electron chi connectivity index (χ3n) is 4.74. The number of hydrogen-bond donors (Lipinski definition) is 1. The molecule has 2 saturated heterocycles. The molecule has 0 radical (unpaired) electrons. The number of nitrogens with one attached hydrogen (secondary N) is 1. The average Bonchev–Trinajstić information content (AvgIpc) is 2.79. The van der Waals surface area contributed by atoms with Crippen LogP contribution in [0.3, 0.4) is 0 Å². The van der Waals surface area contributed by atoms with Gasteiger partial charge in [-0.25, -0.2) is 4.79 Å². The van der Waals surface area contributed by atoms with E-state index in [1.54, 1.807) is 18.1 Å². The number of aryl methyl sites for hydroxylation is 1. The third kappa shape index (κ3) is 2.77. The van der Waals surface area contributed by atoms with Gasteiger partial charge >= 0.3 is 6.03 Å². The number of amides is 3. The summed E-state index contributed by atoms with van der Waals surface area (Å²) in [6.07, 6.45) is 7.08. The van der Waals surface area contributed by atoms with Crippen LogP contribution in [0.4, 0.5) is 4.79 Å². The van der Waals surface area contributed by atoms with Gasteiger partial charge in [0.25, 0.3) is 0 Å². The van der Waals surface area contributed by atoms with Gasteiger partial charge in [0.1, 0.15) is 0 Å². The van der Waals surface area contributed by atoms with Gasteiger partial charge in [-0.3, -0.25) is 9.78 Å². The summed E-state index contributed by atoms with van der Waals surface area (Å²) in [5, 5.41) is 2.84. The Balaban J connectivity index is 1.37. The number of likely N-dealkylation sites (N-methyl/N-ethyl adjacent to an activating group) is 1. The van der Waals surface area contributed by atoms with E-state index >= 15 is 0 Å². The Morgan fingerprint density at radius 1 is 1.41 bits per heavy atom. The highest BCUT2D eigenvalue weighted by molar-refractivity contribution is 5.81. The minimum absolute atomic E-state index is 0.0384. The van der Waals surface area contributed by atoms with Gasteiger partial charge in [-0.15, -0.1) is 0 Å². The predicted octanol–water partition coefficient (Wildman–Crippen LogP) is 1.03. The summed E-state index contributed by atoms with van der Waals surface area (Å²) >= 11 is 0. The van der Waals surface area contributed by atoms with E-state index in [2.05, 4.69) is 16.4 Å². The van der Waals surface area contributed by atoms with Crippen LogP contribution >= 0.6 is 0 Å². The monoisotopic (exact) mass is 302 g/mol. The molecule has 0 bridgehead atoms. The number of pyridine rings is 1. The number of hydrogen-bond acceptors (Lipinski definition) is 3. The molecule has 3 amide bonds. The molecule has 6 nitrogen and oxygen atoms in total. The number of rotatable bonds is 5. The van der Waals surface area contributed by atoms with Crippen molar-refractivity contribution in [3.63, 3.8) is 0 Å². The number of carbonyl (C=O) groups is 2. The van der Waals surface area contributed by atoms with Gasteiger partial charge < -0.3 is 15.1 Å². The lowest BCUT2D eigenvalue weighted by atomic mass is 9.89. The molecule has 2 aliphatic heterocycles. The Hall–Kier alpha value is -2.11. The summed E-state index contributed by atoms with van der Waals surface area (Å²) < 4.78 is 0. The van der Waals surface area contributed by atoms with Crippen LogP contribution in [0, 0.1) is 0 Å². The summed E-state index contributed by atoms with van der Waals surface area (Å²) in [7, 11) is 1.80. The third-order valence-corrected chi connectivity index (χ3v) is 4.74. The maximum Gasteiger partial charge on any atom is 0.317 e. The van der Waals surface area contributed by atoms with Gasteiger partial charge in [0.05, 0.1) is 5.54 Å². The molecule has 6 heteroatoms. The number of carbonyl (C=O) groups excluding carboxylic acids is 2. The van der Waals surface area contributed by atoms with E-state index in [-0.39, 0.29) is 17.5 Å². The van der Waals surface area contributed by atoms with Crippen molar-refractivity contribution in [3.8, 4) is 0 Å². The molecule has 2 fully saturated rings. The lowest BCUT2D eigenvalue weighted by Crippen LogP contribution is -2.70. The smallest absolute Gasteiger partial charge is 0.317 e. The highest BCUT2D eigenvalue weighted by Gasteiger charge is 2.53. The van der Waals surface area contributed by atoms with E-state index < -0.39 is 0 Å². The normalized spacial score (nSPS) is 19.2. The number of aromatic nitrogens is 1. The molecule has 0 aromatic carbocycles. The molecular formula is C16H22N4O2. The van der Waals surface area contributed by atoms with E-state index in [1.807, 2.05) is 17.2 Å². The minimum atomic E-state index is -0.164. The molecule has 118 valence electrons. The van der Waals surface area contributed by atoms with Crippen molar-refractivity contribution in [3.05, 3.63) is 30.1 Å². The second-order valence-corrected chi connectivity index (χ2v) is 6.26. The van der Waals surface area contributed by atoms with Crippen LogP contribution in [0.5, 0.6) is 0 Å². The molecule has 2 aliphatic rings. The second kappa shape index (κ2) is 5.94. The van der Waals surface area contributed by atoms with Gasteiger partial charge in [-0.2, -0.15) is 0 Å². The van der Waals surface area contributed by atoms with Crippen LogP contribution in [0.15, 0.2) is 24.5 Å². The van der Waals surface area contributed by atoms with Gasteiger partial charge in [0.2, 0.25) is 5.91 Å². The number of urea groups is 1. The molecular weight excluding hydrogens is 280 g/mol. The summed E-state index contributed by atoms with van der Waals surface area (Å²) in [6, 6.07) is 3.96. The standard InChI is InChI=1S/C16H22N4O2/c1-19-15(22)18-10-16(19)11-20(12-16)14(21)7-3-2-5-13-6-4-8-17-9-13/h4,6,8-9H,2-3,5,7,10-12H2,1H3,(H,18,22). The Kier molecular flexibility index (Phi) is 4.00. The molecule has 0 unspecified atom stereocenters. The fourth-order valence-corrected chi connectivity index (χ4v) is 3.17. The summed E-state index contributed by atoms with van der Waals surface area (Å²) in [4.78, 5) is 31.4. The van der Waals surface area contributed by atoms with E-state index in [0.29, 0.717) is 26.1 Å². The van der Waals surface area contributed by atoms with Crippen molar-refractivity contribution in [2.45, 2.75) is 31.2 Å². The van der Waals surface area contributed by atoms with E-state index in [4.69, 9.17) is 0 Å². The molecule has 3 rings (SSSR count). The predicted molar refractivity (Wildman–Crippen MR) is 82.3 cm³/mol. The maximum atomic E-state index is 12.2. The van der Waals surface area contributed by atoms with Crippen molar-refractivity contribution < 1.29 is 9.59 Å². The zero-order valence-electron chi connectivity index (χ0n) is 12.9. The van der Waals surface area contributed by atoms with Crippen LogP contribution in [0.2, 0.25) is 0 Å². The maximum absolute atomic E-state index is 12.2. The minimum Gasteiger partial charge on any atom is -0.338 e. The van der Waals surface area contributed by atoms with E-state index in [1.165, 1.54) is 5.56 Å². The Morgan fingerprint density at radius 2 is 2.23 bits per heavy atom. The summed E-state index contributed by atoms with van der Waals surface area (Å²) in [6.45, 7) is 1.96. The molecule has 1 aromatic heterocycles. The molecule has 0 aliphatic carbocycles. The first-order valence-corrected chi connectivity index (χ1v) is 7.79. The summed E-state index contributed by atoms with van der Waals surface area (Å²) in [5.41, 5.74) is 1.05. The fourth-order valence-electron chi connectivity index (χ4n) is 3.17. The Bertz CT molecular complexity index is 555.